The monoisotopic (exact) mass is 503 g/mol. The van der Waals surface area contributed by atoms with Crippen LogP contribution in [0.5, 0.6) is 5.75 Å². The van der Waals surface area contributed by atoms with Crippen molar-refractivity contribution < 1.29 is 14.6 Å². The number of amides is 1. The summed E-state index contributed by atoms with van der Waals surface area (Å²) in [5, 5.41) is 13.5. The molecule has 2 aromatic carbocycles. The summed E-state index contributed by atoms with van der Waals surface area (Å²) in [6, 6.07) is 10.5. The van der Waals surface area contributed by atoms with Crippen LogP contribution in [-0.2, 0) is 13.1 Å². The van der Waals surface area contributed by atoms with Gasteiger partial charge in [0.2, 0.25) is 0 Å². The minimum absolute atomic E-state index is 0. The van der Waals surface area contributed by atoms with Crippen LogP contribution < -0.4 is 10.1 Å². The van der Waals surface area contributed by atoms with Gasteiger partial charge in [-0.2, -0.15) is 0 Å². The number of nitrogens with zero attached hydrogens (tertiary/aromatic N) is 1. The highest BCUT2D eigenvalue weighted by molar-refractivity contribution is 6.34. The maximum Gasteiger partial charge on any atom is 0.252 e. The van der Waals surface area contributed by atoms with Gasteiger partial charge in [0.1, 0.15) is 5.75 Å². The van der Waals surface area contributed by atoms with Crippen LogP contribution >= 0.6 is 24.0 Å². The molecule has 5 rings (SSSR count). The van der Waals surface area contributed by atoms with E-state index in [0.29, 0.717) is 35.9 Å². The summed E-state index contributed by atoms with van der Waals surface area (Å²) in [6.07, 6.45) is 5.32. The number of aromatic nitrogens is 1. The topological polar surface area (TPSA) is 77.6 Å². The van der Waals surface area contributed by atoms with E-state index in [1.54, 1.807) is 0 Å². The molecule has 2 aliphatic heterocycles. The number of hydrogen-bond donors (Lipinski definition) is 3. The predicted molar refractivity (Wildman–Crippen MR) is 138 cm³/mol. The number of halogens is 2. The lowest BCUT2D eigenvalue weighted by Crippen LogP contribution is -2.28. The number of fused-ring (bicyclic) bond motifs is 2. The van der Waals surface area contributed by atoms with Gasteiger partial charge in [-0.15, -0.1) is 12.4 Å². The zero-order valence-electron chi connectivity index (χ0n) is 19.2. The van der Waals surface area contributed by atoms with Gasteiger partial charge in [0.15, 0.2) is 0 Å². The van der Waals surface area contributed by atoms with Gasteiger partial charge in [0.05, 0.1) is 17.2 Å². The van der Waals surface area contributed by atoms with Gasteiger partial charge >= 0.3 is 0 Å². The Balaban J connectivity index is 0.00000274. The lowest BCUT2D eigenvalue weighted by Gasteiger charge is -2.26. The Morgan fingerprint density at radius 3 is 2.71 bits per heavy atom. The normalized spacial score (nSPS) is 15.8. The average molecular weight is 504 g/mol. The van der Waals surface area contributed by atoms with Gasteiger partial charge in [-0.3, -0.25) is 9.69 Å². The molecule has 1 aromatic heterocycles. The second-order valence-corrected chi connectivity index (χ2v) is 9.37. The summed E-state index contributed by atoms with van der Waals surface area (Å²) >= 11 is 6.60. The molecule has 1 fully saturated rings. The van der Waals surface area contributed by atoms with Gasteiger partial charge in [-0.25, -0.2) is 0 Å². The van der Waals surface area contributed by atoms with Crippen molar-refractivity contribution in [2.45, 2.75) is 45.2 Å². The van der Waals surface area contributed by atoms with E-state index in [-0.39, 0.29) is 24.9 Å². The molecule has 0 unspecified atom stereocenters. The molecule has 34 heavy (non-hydrogen) atoms. The van der Waals surface area contributed by atoms with E-state index in [1.807, 2.05) is 6.07 Å². The highest BCUT2D eigenvalue weighted by Crippen LogP contribution is 2.41. The third-order valence-corrected chi connectivity index (χ3v) is 7.04. The van der Waals surface area contributed by atoms with Crippen LogP contribution in [-0.4, -0.2) is 47.2 Å². The molecule has 1 saturated heterocycles. The Kier molecular flexibility index (Phi) is 8.04. The van der Waals surface area contributed by atoms with Crippen molar-refractivity contribution in [2.75, 3.05) is 26.3 Å². The van der Waals surface area contributed by atoms with Gasteiger partial charge in [-0.05, 0) is 68.6 Å². The van der Waals surface area contributed by atoms with Crippen molar-refractivity contribution in [1.82, 2.24) is 15.2 Å². The van der Waals surface area contributed by atoms with Crippen LogP contribution in [0.25, 0.3) is 22.2 Å². The number of carbonyl (C=O) groups is 1. The molecule has 3 N–H and O–H groups in total. The second kappa shape index (κ2) is 11.0. The minimum atomic E-state index is -0.113. The largest absolute Gasteiger partial charge is 0.492 e. The van der Waals surface area contributed by atoms with E-state index in [1.165, 1.54) is 37.9 Å². The third kappa shape index (κ3) is 5.05. The number of rotatable bonds is 8. The zero-order valence-corrected chi connectivity index (χ0v) is 20.7. The number of piperidine rings is 1. The third-order valence-electron chi connectivity index (χ3n) is 6.62. The molecule has 182 valence electrons. The fraction of sp³-hybridized carbons (Fsp3) is 0.423. The molecule has 0 radical (unpaired) electrons. The summed E-state index contributed by atoms with van der Waals surface area (Å²) < 4.78 is 5.94. The van der Waals surface area contributed by atoms with Crippen molar-refractivity contribution >= 4 is 40.8 Å². The van der Waals surface area contributed by atoms with Gasteiger partial charge in [-0.1, -0.05) is 24.1 Å². The number of aliphatic hydroxyl groups is 1. The van der Waals surface area contributed by atoms with Crippen LogP contribution in [0.4, 0.5) is 0 Å². The summed E-state index contributed by atoms with van der Waals surface area (Å²) in [5.41, 5.74) is 5.42. The molecule has 3 aromatic rings. The molecule has 0 spiro atoms. The minimum Gasteiger partial charge on any atom is -0.492 e. The Morgan fingerprint density at radius 2 is 1.91 bits per heavy atom. The summed E-state index contributed by atoms with van der Waals surface area (Å²) in [7, 11) is 0. The number of ether oxygens (including phenoxy) is 1. The van der Waals surface area contributed by atoms with E-state index in [0.717, 1.165) is 40.7 Å². The summed E-state index contributed by atoms with van der Waals surface area (Å²) in [4.78, 5) is 18.7. The van der Waals surface area contributed by atoms with Crippen LogP contribution in [0.2, 0.25) is 5.02 Å². The predicted octanol–water partition coefficient (Wildman–Crippen LogP) is 5.29. The highest BCUT2D eigenvalue weighted by atomic mass is 35.5. The highest BCUT2D eigenvalue weighted by Gasteiger charge is 2.29. The zero-order chi connectivity index (χ0) is 22.8. The van der Waals surface area contributed by atoms with Gasteiger partial charge in [0, 0.05) is 47.4 Å². The van der Waals surface area contributed by atoms with Crippen molar-refractivity contribution in [1.29, 1.82) is 0 Å². The van der Waals surface area contributed by atoms with E-state index in [9.17, 15) is 4.79 Å². The molecule has 6 nitrogen and oxygen atoms in total. The number of nitrogens with one attached hydrogen (secondary N) is 2. The first-order valence-electron chi connectivity index (χ1n) is 11.9. The van der Waals surface area contributed by atoms with Crippen LogP contribution in [0.1, 0.15) is 53.6 Å². The SMILES string of the molecule is Cl.O=C1NCc2c(Cl)c(OCCCCO)cc(-c3cc4cc(CN5CCCCC5)ccc4[nH]3)c21. The first kappa shape index (κ1) is 24.9. The van der Waals surface area contributed by atoms with Crippen LogP contribution in [0.3, 0.4) is 0 Å². The van der Waals surface area contributed by atoms with Gasteiger partial charge < -0.3 is 20.1 Å². The van der Waals surface area contributed by atoms with Crippen molar-refractivity contribution in [3.63, 3.8) is 0 Å². The molecule has 8 heteroatoms. The van der Waals surface area contributed by atoms with Crippen LogP contribution in [0, 0.1) is 0 Å². The molecule has 0 aliphatic carbocycles. The second-order valence-electron chi connectivity index (χ2n) is 8.99. The molecule has 0 atom stereocenters. The lowest BCUT2D eigenvalue weighted by molar-refractivity contribution is 0.0966. The number of unbranched alkanes of at least 4 members (excludes halogenated alkanes) is 1. The Hall–Kier alpha value is -2.25. The van der Waals surface area contributed by atoms with Crippen LogP contribution in [0.15, 0.2) is 30.3 Å². The number of aromatic amines is 1. The quantitative estimate of drug-likeness (QED) is 0.365. The fourth-order valence-corrected chi connectivity index (χ4v) is 5.16. The average Bonchev–Trinajstić information content (AvgIpc) is 3.42. The molecular weight excluding hydrogens is 473 g/mol. The molecule has 0 bridgehead atoms. The number of likely N-dealkylation sites (tertiary alicyclic amines) is 1. The number of H-pyrrole nitrogens is 1. The molecule has 3 heterocycles. The van der Waals surface area contributed by atoms with Crippen molar-refractivity contribution in [2.24, 2.45) is 0 Å². The smallest absolute Gasteiger partial charge is 0.252 e. The van der Waals surface area contributed by atoms with E-state index in [4.69, 9.17) is 21.4 Å². The number of hydrogen-bond acceptors (Lipinski definition) is 4. The van der Waals surface area contributed by atoms with E-state index in [2.05, 4.69) is 39.5 Å². The first-order chi connectivity index (χ1) is 16.1. The maximum absolute atomic E-state index is 12.7. The van der Waals surface area contributed by atoms with E-state index < -0.39 is 0 Å². The maximum atomic E-state index is 12.7. The molecule has 0 saturated carbocycles. The summed E-state index contributed by atoms with van der Waals surface area (Å²) in [6.45, 7) is 4.31. The number of benzene rings is 2. The van der Waals surface area contributed by atoms with E-state index >= 15 is 0 Å². The Morgan fingerprint density at radius 1 is 1.09 bits per heavy atom. The number of carbonyl (C=O) groups excluding carboxylic acids is 1. The lowest BCUT2D eigenvalue weighted by atomic mass is 9.99. The summed E-state index contributed by atoms with van der Waals surface area (Å²) in [5.74, 6) is 0.461. The molecular formula is C26H31Cl2N3O3. The molecule has 2 aliphatic rings. The number of aliphatic hydroxyl groups excluding tert-OH is 1. The van der Waals surface area contributed by atoms with Crippen molar-refractivity contribution in [3.8, 4) is 17.0 Å². The standard InChI is InChI=1S/C26H30ClN3O3.ClH/c27-25-20-15-28-26(32)24(20)19(14-23(25)33-11-5-4-10-31)22-13-18-12-17(6-7-21(18)29-22)16-30-8-2-1-3-9-30;/h6-7,12-14,29,31H,1-5,8-11,15-16H2,(H,28,32);1H. The Bertz CT molecular complexity index is 1170. The van der Waals surface area contributed by atoms with Crippen molar-refractivity contribution in [3.05, 3.63) is 52.0 Å². The Labute approximate surface area is 211 Å². The van der Waals surface area contributed by atoms with Gasteiger partial charge in [0.25, 0.3) is 5.91 Å². The first-order valence-corrected chi connectivity index (χ1v) is 12.2. The molecule has 1 amide bonds. The fourth-order valence-electron chi connectivity index (χ4n) is 4.88.